The number of fused-ring (bicyclic) bond motifs is 1. The predicted molar refractivity (Wildman–Crippen MR) is 70.2 cm³/mol. The molecule has 4 heteroatoms. The number of anilines is 1. The maximum Gasteiger partial charge on any atom is 0.169 e. The SMILES string of the molecule is Brc1cnc2c(c1)OCC(c1ccccc1)N2. The van der Waals surface area contributed by atoms with E-state index >= 15 is 0 Å². The average molecular weight is 291 g/mol. The van der Waals surface area contributed by atoms with Gasteiger partial charge in [-0.05, 0) is 27.6 Å². The van der Waals surface area contributed by atoms with E-state index in [4.69, 9.17) is 4.74 Å². The van der Waals surface area contributed by atoms with Gasteiger partial charge in [0.25, 0.3) is 0 Å². The molecule has 1 atom stereocenters. The number of aromatic nitrogens is 1. The van der Waals surface area contributed by atoms with E-state index in [-0.39, 0.29) is 6.04 Å². The molecule has 1 aromatic carbocycles. The lowest BCUT2D eigenvalue weighted by atomic mass is 10.1. The summed E-state index contributed by atoms with van der Waals surface area (Å²) in [5.41, 5.74) is 1.21. The summed E-state index contributed by atoms with van der Waals surface area (Å²) in [5, 5.41) is 3.38. The Labute approximate surface area is 108 Å². The first-order valence-electron chi connectivity index (χ1n) is 5.43. The second-order valence-electron chi connectivity index (χ2n) is 3.92. The molecule has 0 saturated heterocycles. The Bertz CT molecular complexity index is 530. The molecule has 3 nitrogen and oxygen atoms in total. The molecule has 0 bridgehead atoms. The van der Waals surface area contributed by atoms with Crippen LogP contribution in [0.2, 0.25) is 0 Å². The van der Waals surface area contributed by atoms with Crippen molar-refractivity contribution in [3.8, 4) is 5.75 Å². The molecule has 2 heterocycles. The molecule has 0 saturated carbocycles. The van der Waals surface area contributed by atoms with Crippen LogP contribution in [0.25, 0.3) is 0 Å². The van der Waals surface area contributed by atoms with E-state index in [1.54, 1.807) is 6.20 Å². The first-order chi connectivity index (χ1) is 8.33. The summed E-state index contributed by atoms with van der Waals surface area (Å²) in [5.74, 6) is 1.60. The van der Waals surface area contributed by atoms with E-state index in [0.29, 0.717) is 6.61 Å². The van der Waals surface area contributed by atoms with Crippen LogP contribution in [0.15, 0.2) is 47.1 Å². The number of nitrogens with one attached hydrogen (secondary N) is 1. The Balaban J connectivity index is 1.88. The Hall–Kier alpha value is -1.55. The van der Waals surface area contributed by atoms with Crippen molar-refractivity contribution < 1.29 is 4.74 Å². The molecule has 1 unspecified atom stereocenters. The monoisotopic (exact) mass is 290 g/mol. The molecular formula is C13H11BrN2O. The van der Waals surface area contributed by atoms with Gasteiger partial charge in [0, 0.05) is 10.7 Å². The van der Waals surface area contributed by atoms with Crippen LogP contribution in [0, 0.1) is 0 Å². The van der Waals surface area contributed by atoms with E-state index in [1.165, 1.54) is 5.56 Å². The van der Waals surface area contributed by atoms with Crippen molar-refractivity contribution in [2.75, 3.05) is 11.9 Å². The Morgan fingerprint density at radius 1 is 1.29 bits per heavy atom. The van der Waals surface area contributed by atoms with Gasteiger partial charge in [0.1, 0.15) is 6.61 Å². The van der Waals surface area contributed by atoms with E-state index in [0.717, 1.165) is 16.0 Å². The zero-order chi connectivity index (χ0) is 11.7. The van der Waals surface area contributed by atoms with Crippen LogP contribution < -0.4 is 10.1 Å². The Morgan fingerprint density at radius 3 is 2.94 bits per heavy atom. The van der Waals surface area contributed by atoms with Crippen LogP contribution in [-0.2, 0) is 0 Å². The zero-order valence-corrected chi connectivity index (χ0v) is 10.6. The number of hydrogen-bond acceptors (Lipinski definition) is 3. The summed E-state index contributed by atoms with van der Waals surface area (Å²) in [7, 11) is 0. The highest BCUT2D eigenvalue weighted by molar-refractivity contribution is 9.10. The fraction of sp³-hybridized carbons (Fsp3) is 0.154. The summed E-state index contributed by atoms with van der Waals surface area (Å²) < 4.78 is 6.64. The Kier molecular flexibility index (Phi) is 2.73. The van der Waals surface area contributed by atoms with Crippen LogP contribution in [-0.4, -0.2) is 11.6 Å². The molecule has 0 spiro atoms. The number of ether oxygens (including phenoxy) is 1. The topological polar surface area (TPSA) is 34.1 Å². The predicted octanol–water partition coefficient (Wildman–Crippen LogP) is 3.39. The van der Waals surface area contributed by atoms with Gasteiger partial charge in [0.15, 0.2) is 11.6 Å². The van der Waals surface area contributed by atoms with Crippen molar-refractivity contribution >= 4 is 21.7 Å². The smallest absolute Gasteiger partial charge is 0.169 e. The van der Waals surface area contributed by atoms with E-state index in [2.05, 4.69) is 38.4 Å². The molecule has 0 aliphatic carbocycles. The third-order valence-electron chi connectivity index (χ3n) is 2.74. The quantitative estimate of drug-likeness (QED) is 0.874. The second-order valence-corrected chi connectivity index (χ2v) is 4.83. The van der Waals surface area contributed by atoms with Crippen molar-refractivity contribution in [3.63, 3.8) is 0 Å². The molecule has 1 aliphatic rings. The highest BCUT2D eigenvalue weighted by atomic mass is 79.9. The van der Waals surface area contributed by atoms with Crippen molar-refractivity contribution in [2.45, 2.75) is 6.04 Å². The molecule has 0 fully saturated rings. The first-order valence-corrected chi connectivity index (χ1v) is 6.22. The summed E-state index contributed by atoms with van der Waals surface area (Å²) in [6.45, 7) is 0.620. The lowest BCUT2D eigenvalue weighted by Gasteiger charge is -2.26. The molecule has 1 N–H and O–H groups in total. The van der Waals surface area contributed by atoms with Gasteiger partial charge < -0.3 is 10.1 Å². The van der Waals surface area contributed by atoms with Crippen molar-refractivity contribution in [3.05, 3.63) is 52.6 Å². The summed E-state index contributed by atoms with van der Waals surface area (Å²) >= 11 is 3.38. The minimum Gasteiger partial charge on any atom is -0.487 e. The zero-order valence-electron chi connectivity index (χ0n) is 9.06. The highest BCUT2D eigenvalue weighted by Crippen LogP contribution is 2.33. The van der Waals surface area contributed by atoms with Gasteiger partial charge in [-0.3, -0.25) is 0 Å². The fourth-order valence-corrected chi connectivity index (χ4v) is 2.19. The van der Waals surface area contributed by atoms with Crippen molar-refractivity contribution in [1.29, 1.82) is 0 Å². The van der Waals surface area contributed by atoms with Crippen LogP contribution in [0.5, 0.6) is 5.75 Å². The molecule has 0 radical (unpaired) electrons. The number of pyridine rings is 1. The van der Waals surface area contributed by atoms with Gasteiger partial charge in [0.05, 0.1) is 6.04 Å². The third kappa shape index (κ3) is 2.13. The van der Waals surface area contributed by atoms with Crippen LogP contribution >= 0.6 is 15.9 Å². The number of nitrogens with zero attached hydrogens (tertiary/aromatic N) is 1. The van der Waals surface area contributed by atoms with Gasteiger partial charge in [-0.1, -0.05) is 30.3 Å². The second kappa shape index (κ2) is 4.37. The minimum absolute atomic E-state index is 0.164. The Morgan fingerprint density at radius 2 is 2.12 bits per heavy atom. The van der Waals surface area contributed by atoms with Gasteiger partial charge in [-0.2, -0.15) is 0 Å². The van der Waals surface area contributed by atoms with Crippen LogP contribution in [0.4, 0.5) is 5.82 Å². The van der Waals surface area contributed by atoms with Crippen molar-refractivity contribution in [1.82, 2.24) is 4.98 Å². The maximum absolute atomic E-state index is 5.72. The standard InChI is InChI=1S/C13H11BrN2O/c14-10-6-12-13(15-7-10)16-11(8-17-12)9-4-2-1-3-5-9/h1-7,11H,8H2,(H,15,16). The highest BCUT2D eigenvalue weighted by Gasteiger charge is 2.21. The van der Waals surface area contributed by atoms with Crippen LogP contribution in [0.3, 0.4) is 0 Å². The third-order valence-corrected chi connectivity index (χ3v) is 3.17. The fourth-order valence-electron chi connectivity index (χ4n) is 1.88. The summed E-state index contributed by atoms with van der Waals surface area (Å²) in [6, 6.07) is 12.3. The van der Waals surface area contributed by atoms with Crippen molar-refractivity contribution in [2.24, 2.45) is 0 Å². The van der Waals surface area contributed by atoms with Crippen LogP contribution in [0.1, 0.15) is 11.6 Å². The number of hydrogen-bond donors (Lipinski definition) is 1. The summed E-state index contributed by atoms with van der Waals surface area (Å²) in [6.07, 6.45) is 1.77. The molecule has 0 amide bonds. The molecular weight excluding hydrogens is 280 g/mol. The van der Waals surface area contributed by atoms with Gasteiger partial charge in [-0.15, -0.1) is 0 Å². The van der Waals surface area contributed by atoms with Gasteiger partial charge >= 0.3 is 0 Å². The molecule has 2 aromatic rings. The maximum atomic E-state index is 5.72. The van der Waals surface area contributed by atoms with E-state index < -0.39 is 0 Å². The molecule has 1 aromatic heterocycles. The summed E-state index contributed by atoms with van der Waals surface area (Å²) in [4.78, 5) is 4.31. The van der Waals surface area contributed by atoms with Gasteiger partial charge in [0.2, 0.25) is 0 Å². The molecule has 1 aliphatic heterocycles. The molecule has 86 valence electrons. The minimum atomic E-state index is 0.164. The largest absolute Gasteiger partial charge is 0.487 e. The number of benzene rings is 1. The number of halogens is 1. The molecule has 17 heavy (non-hydrogen) atoms. The van der Waals surface area contributed by atoms with E-state index in [9.17, 15) is 0 Å². The lowest BCUT2D eigenvalue weighted by Crippen LogP contribution is -2.24. The van der Waals surface area contributed by atoms with Gasteiger partial charge in [-0.25, -0.2) is 4.98 Å². The first kappa shape index (κ1) is 10.6. The number of rotatable bonds is 1. The lowest BCUT2D eigenvalue weighted by molar-refractivity contribution is 0.284. The molecule has 3 rings (SSSR count). The normalized spacial score (nSPS) is 17.8. The average Bonchev–Trinajstić information content (AvgIpc) is 2.39. The van der Waals surface area contributed by atoms with E-state index in [1.807, 2.05) is 24.3 Å².